The number of aryl methyl sites for hydroxylation is 2. The summed E-state index contributed by atoms with van der Waals surface area (Å²) < 4.78 is 0. The van der Waals surface area contributed by atoms with Crippen LogP contribution in [-0.2, 0) is 22.4 Å². The van der Waals surface area contributed by atoms with Gasteiger partial charge in [0.05, 0.1) is 0 Å². The zero-order valence-corrected chi connectivity index (χ0v) is 21.5. The fourth-order valence-electron chi connectivity index (χ4n) is 6.16. The highest BCUT2D eigenvalue weighted by Gasteiger charge is 2.36. The first kappa shape index (κ1) is 24.2. The minimum atomic E-state index is -0.222. The third-order valence-electron chi connectivity index (χ3n) is 8.08. The van der Waals surface area contributed by atoms with Crippen LogP contribution in [-0.4, -0.2) is 11.6 Å². The largest absolute Gasteiger partial charge is 0.300 e. The highest BCUT2D eigenvalue weighted by molar-refractivity contribution is 5.90. The lowest BCUT2D eigenvalue weighted by Gasteiger charge is -2.31. The minimum absolute atomic E-state index is 0.129. The van der Waals surface area contributed by atoms with Crippen molar-refractivity contribution in [3.63, 3.8) is 0 Å². The number of hydrogen-bond donors (Lipinski definition) is 0. The molecule has 0 saturated heterocycles. The molecule has 3 unspecified atom stereocenters. The van der Waals surface area contributed by atoms with Crippen LogP contribution in [0.5, 0.6) is 0 Å². The Hall–Kier alpha value is -3.52. The SMILES string of the molecule is CC(=O)C1Cc2ccccc2CC1C(=O)CCC1=CC=C(c2ccccc2)C1c1ccc(C)cc1C. The lowest BCUT2D eigenvalue weighted by molar-refractivity contribution is -0.131. The van der Waals surface area contributed by atoms with Gasteiger partial charge >= 0.3 is 0 Å². The average molecular weight is 475 g/mol. The molecule has 0 spiro atoms. The van der Waals surface area contributed by atoms with Crippen molar-refractivity contribution < 1.29 is 9.59 Å². The van der Waals surface area contributed by atoms with E-state index in [1.54, 1.807) is 6.92 Å². The van der Waals surface area contributed by atoms with Gasteiger partial charge in [-0.05, 0) is 73.4 Å². The Labute approximate surface area is 214 Å². The maximum atomic E-state index is 13.6. The van der Waals surface area contributed by atoms with Crippen molar-refractivity contribution in [1.29, 1.82) is 0 Å². The second-order valence-corrected chi connectivity index (χ2v) is 10.5. The van der Waals surface area contributed by atoms with E-state index in [1.807, 2.05) is 18.2 Å². The van der Waals surface area contributed by atoms with Crippen LogP contribution >= 0.6 is 0 Å². The summed E-state index contributed by atoms with van der Waals surface area (Å²) in [4.78, 5) is 26.1. The second kappa shape index (κ2) is 10.2. The van der Waals surface area contributed by atoms with Crippen LogP contribution in [0.15, 0.2) is 90.5 Å². The van der Waals surface area contributed by atoms with Crippen molar-refractivity contribution in [3.05, 3.63) is 124 Å². The summed E-state index contributed by atoms with van der Waals surface area (Å²) in [5.74, 6) is 0.0670. The first-order chi connectivity index (χ1) is 17.4. The van der Waals surface area contributed by atoms with E-state index >= 15 is 0 Å². The number of benzene rings is 3. The number of allylic oxidation sites excluding steroid dienone is 4. The van der Waals surface area contributed by atoms with Gasteiger partial charge in [0.1, 0.15) is 11.6 Å². The quantitative estimate of drug-likeness (QED) is 0.358. The molecule has 2 nitrogen and oxygen atoms in total. The fraction of sp³-hybridized carbons (Fsp3) is 0.294. The molecule has 0 amide bonds. The van der Waals surface area contributed by atoms with Crippen LogP contribution in [0.1, 0.15) is 59.1 Å². The molecule has 0 saturated carbocycles. The van der Waals surface area contributed by atoms with Crippen LogP contribution in [0.3, 0.4) is 0 Å². The van der Waals surface area contributed by atoms with Gasteiger partial charge in [-0.15, -0.1) is 0 Å². The molecule has 5 rings (SSSR count). The minimum Gasteiger partial charge on any atom is -0.300 e. The Bertz CT molecular complexity index is 1360. The van der Waals surface area contributed by atoms with E-state index in [9.17, 15) is 9.59 Å². The van der Waals surface area contributed by atoms with Crippen molar-refractivity contribution in [2.75, 3.05) is 0 Å². The van der Waals surface area contributed by atoms with Crippen LogP contribution in [0.2, 0.25) is 0 Å². The van der Waals surface area contributed by atoms with E-state index in [4.69, 9.17) is 0 Å². The summed E-state index contributed by atoms with van der Waals surface area (Å²) >= 11 is 0. The fourth-order valence-corrected chi connectivity index (χ4v) is 6.16. The molecule has 0 aromatic heterocycles. The van der Waals surface area contributed by atoms with E-state index < -0.39 is 0 Å². The Kier molecular flexibility index (Phi) is 6.87. The molecule has 0 N–H and O–H groups in total. The van der Waals surface area contributed by atoms with Crippen LogP contribution in [0, 0.1) is 25.7 Å². The molecule has 0 bridgehead atoms. The van der Waals surface area contributed by atoms with Gasteiger partial charge in [-0.1, -0.05) is 96.1 Å². The van der Waals surface area contributed by atoms with Gasteiger partial charge in [0.15, 0.2) is 0 Å². The van der Waals surface area contributed by atoms with E-state index in [-0.39, 0.29) is 29.3 Å². The zero-order valence-electron chi connectivity index (χ0n) is 21.5. The lowest BCUT2D eigenvalue weighted by atomic mass is 9.71. The highest BCUT2D eigenvalue weighted by Crippen LogP contribution is 2.45. The third-order valence-corrected chi connectivity index (χ3v) is 8.08. The topological polar surface area (TPSA) is 34.1 Å². The molecular formula is C34H34O2. The Morgan fingerprint density at radius 3 is 2.14 bits per heavy atom. The number of carbonyl (C=O) groups is 2. The van der Waals surface area contributed by atoms with Gasteiger partial charge in [0.2, 0.25) is 0 Å². The molecule has 2 aliphatic rings. The molecular weight excluding hydrogens is 440 g/mol. The molecule has 36 heavy (non-hydrogen) atoms. The highest BCUT2D eigenvalue weighted by atomic mass is 16.1. The van der Waals surface area contributed by atoms with Crippen LogP contribution in [0.4, 0.5) is 0 Å². The maximum Gasteiger partial charge on any atom is 0.137 e. The van der Waals surface area contributed by atoms with Gasteiger partial charge < -0.3 is 0 Å². The monoisotopic (exact) mass is 474 g/mol. The molecule has 2 heteroatoms. The second-order valence-electron chi connectivity index (χ2n) is 10.5. The molecule has 0 radical (unpaired) electrons. The van der Waals surface area contributed by atoms with E-state index in [2.05, 4.69) is 80.6 Å². The summed E-state index contributed by atoms with van der Waals surface area (Å²) in [5.41, 5.74) is 10.1. The van der Waals surface area contributed by atoms with Crippen molar-refractivity contribution >= 4 is 17.1 Å². The summed E-state index contributed by atoms with van der Waals surface area (Å²) in [7, 11) is 0. The third kappa shape index (κ3) is 4.78. The van der Waals surface area contributed by atoms with E-state index in [0.717, 1.165) is 0 Å². The lowest BCUT2D eigenvalue weighted by Crippen LogP contribution is -2.35. The van der Waals surface area contributed by atoms with E-state index in [1.165, 1.54) is 44.5 Å². The van der Waals surface area contributed by atoms with Crippen LogP contribution in [0.25, 0.3) is 5.57 Å². The number of hydrogen-bond acceptors (Lipinski definition) is 2. The predicted molar refractivity (Wildman–Crippen MR) is 147 cm³/mol. The molecule has 0 aliphatic heterocycles. The van der Waals surface area contributed by atoms with Crippen molar-refractivity contribution in [2.24, 2.45) is 11.8 Å². The normalized spacial score (nSPS) is 20.9. The molecule has 3 aromatic carbocycles. The van der Waals surface area contributed by atoms with E-state index in [0.29, 0.717) is 25.7 Å². The van der Waals surface area contributed by atoms with Crippen molar-refractivity contribution in [2.45, 2.75) is 52.4 Å². The number of carbonyl (C=O) groups excluding carboxylic acids is 2. The van der Waals surface area contributed by atoms with Crippen molar-refractivity contribution in [3.8, 4) is 0 Å². The summed E-state index contributed by atoms with van der Waals surface area (Å²) in [6.45, 7) is 5.95. The molecule has 2 aliphatic carbocycles. The molecule has 0 heterocycles. The van der Waals surface area contributed by atoms with Gasteiger partial charge in [-0.25, -0.2) is 0 Å². The molecule has 0 fully saturated rings. The van der Waals surface area contributed by atoms with Gasteiger partial charge in [0.25, 0.3) is 0 Å². The molecule has 3 aromatic rings. The Morgan fingerprint density at radius 2 is 1.47 bits per heavy atom. The molecule has 3 atom stereocenters. The number of rotatable bonds is 7. The summed E-state index contributed by atoms with van der Waals surface area (Å²) in [5, 5.41) is 0. The number of Topliss-reactive ketones (excluding diaryl/α,β-unsaturated/α-hetero) is 2. The van der Waals surface area contributed by atoms with Crippen molar-refractivity contribution in [1.82, 2.24) is 0 Å². The maximum absolute atomic E-state index is 13.6. The summed E-state index contributed by atoms with van der Waals surface area (Å²) in [6, 6.07) is 25.5. The Balaban J connectivity index is 1.38. The van der Waals surface area contributed by atoms with Gasteiger partial charge in [-0.2, -0.15) is 0 Å². The number of fused-ring (bicyclic) bond motifs is 1. The summed E-state index contributed by atoms with van der Waals surface area (Å²) in [6.07, 6.45) is 6.99. The number of ketones is 2. The standard InChI is InChI=1S/C34H34O2/c1-22-13-16-29(23(2)19-22)34-26(14-17-30(34)25-9-5-4-6-10-25)15-18-33(36)32-21-28-12-8-7-11-27(28)20-31(32)24(3)35/h4-14,16-17,19,31-32,34H,15,18,20-21H2,1-3H3. The first-order valence-electron chi connectivity index (χ1n) is 13.1. The first-order valence-corrected chi connectivity index (χ1v) is 13.1. The predicted octanol–water partition coefficient (Wildman–Crippen LogP) is 7.38. The Morgan fingerprint density at radius 1 is 0.806 bits per heavy atom. The zero-order chi connectivity index (χ0) is 25.2. The van der Waals surface area contributed by atoms with Gasteiger partial charge in [0, 0.05) is 24.2 Å². The smallest absolute Gasteiger partial charge is 0.137 e. The van der Waals surface area contributed by atoms with Gasteiger partial charge in [-0.3, -0.25) is 9.59 Å². The average Bonchev–Trinajstić information content (AvgIpc) is 3.30. The molecule has 182 valence electrons. The van der Waals surface area contributed by atoms with Crippen LogP contribution < -0.4 is 0 Å².